The van der Waals surface area contributed by atoms with E-state index < -0.39 is 63.0 Å². The minimum absolute atomic E-state index is 0.254. The number of hydrogen-bond acceptors (Lipinski definition) is 10. The molecule has 0 aliphatic carbocycles. The van der Waals surface area contributed by atoms with Crippen molar-refractivity contribution in [2.24, 2.45) is 5.73 Å². The number of hydrogen-bond donors (Lipinski definition) is 3. The van der Waals surface area contributed by atoms with Crippen molar-refractivity contribution >= 4 is 28.9 Å². The van der Waals surface area contributed by atoms with Gasteiger partial charge in [0.1, 0.15) is 21.9 Å². The highest BCUT2D eigenvalue weighted by Gasteiger charge is 2.67. The van der Waals surface area contributed by atoms with Crippen molar-refractivity contribution in [3.63, 3.8) is 0 Å². The molecule has 1 aliphatic rings. The molecule has 1 rings (SSSR count). The van der Waals surface area contributed by atoms with E-state index in [-0.39, 0.29) is 12.3 Å². The first-order chi connectivity index (χ1) is 12.1. The molecule has 15 heteroatoms. The first kappa shape index (κ1) is 23.5. The van der Waals surface area contributed by atoms with Gasteiger partial charge in [0, 0.05) is 23.7 Å². The topological polar surface area (TPSA) is 216 Å². The lowest BCUT2D eigenvalue weighted by atomic mass is 10.0. The van der Waals surface area contributed by atoms with Crippen LogP contribution in [0.1, 0.15) is 0 Å². The molecule has 0 spiro atoms. The van der Waals surface area contributed by atoms with Crippen LogP contribution in [0.2, 0.25) is 0 Å². The minimum Gasteiger partial charge on any atom is -0.400 e. The number of nitrogens with two attached hydrogens (primary N) is 1. The second-order valence-electron chi connectivity index (χ2n) is 5.02. The summed E-state index contributed by atoms with van der Waals surface area (Å²) in [5, 5.41) is 30.6. The smallest absolute Gasteiger partial charge is 0.400 e. The normalized spacial score (nSPS) is 16.8. The maximum atomic E-state index is 11.8. The van der Waals surface area contributed by atoms with Gasteiger partial charge in [-0.1, -0.05) is 0 Å². The maximum Gasteiger partial charge on any atom is 0.492 e. The zero-order chi connectivity index (χ0) is 20.5. The third-order valence-electron chi connectivity index (χ3n) is 3.27. The van der Waals surface area contributed by atoms with Crippen LogP contribution in [0.25, 0.3) is 0 Å². The Balaban J connectivity index is 0.00000301. The zero-order valence-corrected chi connectivity index (χ0v) is 14.5. The number of aliphatic hydroxyl groups excluding tert-OH is 1. The van der Waals surface area contributed by atoms with Crippen LogP contribution in [0.4, 0.5) is 0 Å². The summed E-state index contributed by atoms with van der Waals surface area (Å²) in [4.78, 5) is 53.4. The van der Waals surface area contributed by atoms with Gasteiger partial charge in [-0.15, -0.1) is 0 Å². The van der Waals surface area contributed by atoms with Gasteiger partial charge in [-0.2, -0.15) is 0 Å². The Labute approximate surface area is 149 Å². The summed E-state index contributed by atoms with van der Waals surface area (Å²) in [6.07, 6.45) is 0.436. The molecule has 2 atom stereocenters. The Bertz CT molecular complexity index is 577. The lowest BCUT2D eigenvalue weighted by Gasteiger charge is -2.35. The van der Waals surface area contributed by atoms with Crippen molar-refractivity contribution in [1.82, 2.24) is 10.2 Å². The summed E-state index contributed by atoms with van der Waals surface area (Å²) in [5.74, 6) is -2.42. The maximum absolute atomic E-state index is 11.8. The molecule has 148 valence electrons. The predicted molar refractivity (Wildman–Crippen MR) is 86.4 cm³/mol. The second-order valence-corrected chi connectivity index (χ2v) is 6.52. The van der Waals surface area contributed by atoms with Gasteiger partial charge in [-0.3, -0.25) is 34.0 Å². The van der Waals surface area contributed by atoms with Crippen molar-refractivity contribution in [3.8, 4) is 0 Å². The number of nitrogens with zero attached hydrogens (tertiary/aromatic N) is 3. The second kappa shape index (κ2) is 10.5. The number of nitro groups is 2. The number of aldehydes is 1. The van der Waals surface area contributed by atoms with Crippen molar-refractivity contribution < 1.29 is 33.5 Å². The fraction of sp³-hybridized carbons (Fsp3) is 0.727. The van der Waals surface area contributed by atoms with Gasteiger partial charge in [0.2, 0.25) is 11.8 Å². The van der Waals surface area contributed by atoms with Crippen LogP contribution in [0.5, 0.6) is 0 Å². The summed E-state index contributed by atoms with van der Waals surface area (Å²) in [6.45, 7) is -1.68. The number of nitrogens with one attached hydrogen (secondary N) is 1. The SMILES string of the molecule is CO.NC(CS(=O)CC(=O)N1CC([N+](=O)[O-])([N+](=O)[O-])C1)C(=O)NCC=O. The predicted octanol–water partition coefficient (Wildman–Crippen LogP) is -3.92. The molecule has 0 bridgehead atoms. The Hall–Kier alpha value is -2.52. The van der Waals surface area contributed by atoms with E-state index in [0.29, 0.717) is 6.29 Å². The first-order valence-electron chi connectivity index (χ1n) is 6.97. The third kappa shape index (κ3) is 5.78. The number of likely N-dealkylation sites (tertiary alicyclic amines) is 1. The summed E-state index contributed by atoms with van der Waals surface area (Å²) in [6, 6.07) is -1.20. The molecule has 26 heavy (non-hydrogen) atoms. The summed E-state index contributed by atoms with van der Waals surface area (Å²) < 4.78 is 11.8. The Morgan fingerprint density at radius 2 is 1.85 bits per heavy atom. The lowest BCUT2D eigenvalue weighted by molar-refractivity contribution is -0.809. The van der Waals surface area contributed by atoms with Crippen LogP contribution in [0, 0.1) is 20.2 Å². The molecule has 1 saturated heterocycles. The Morgan fingerprint density at radius 1 is 1.35 bits per heavy atom. The molecule has 14 nitrogen and oxygen atoms in total. The number of rotatable bonds is 9. The largest absolute Gasteiger partial charge is 0.492 e. The van der Waals surface area contributed by atoms with Gasteiger partial charge >= 0.3 is 5.66 Å². The summed E-state index contributed by atoms with van der Waals surface area (Å²) >= 11 is 0. The monoisotopic (exact) mass is 397 g/mol. The van der Waals surface area contributed by atoms with Crippen LogP contribution in [0.15, 0.2) is 0 Å². The molecular weight excluding hydrogens is 378 g/mol. The standard InChI is InChI=1S/C10H15N5O8S.CH4O/c11-7(9(18)12-1-2-16)3-24(23)4-8(17)13-5-10(6-13,14(19)20)15(21)22;1-2/h2,7H,1,3-6,11H2,(H,12,18);2H,1H3. The molecular formula is C11H19N5O9S. The Morgan fingerprint density at radius 3 is 2.27 bits per heavy atom. The molecule has 0 aromatic carbocycles. The van der Waals surface area contributed by atoms with Crippen LogP contribution >= 0.6 is 0 Å². The van der Waals surface area contributed by atoms with E-state index in [2.05, 4.69) is 5.32 Å². The van der Waals surface area contributed by atoms with Gasteiger partial charge in [0.25, 0.3) is 0 Å². The van der Waals surface area contributed by atoms with Gasteiger partial charge in [-0.05, 0) is 0 Å². The van der Waals surface area contributed by atoms with Gasteiger partial charge in [0.05, 0.1) is 12.6 Å². The molecule has 1 heterocycles. The van der Waals surface area contributed by atoms with E-state index in [1.165, 1.54) is 0 Å². The average Bonchev–Trinajstić information content (AvgIpc) is 2.52. The van der Waals surface area contributed by atoms with Crippen LogP contribution < -0.4 is 11.1 Å². The number of carbonyl (C=O) groups excluding carboxylic acids is 3. The highest BCUT2D eigenvalue weighted by molar-refractivity contribution is 7.85. The van der Waals surface area contributed by atoms with Gasteiger partial charge < -0.3 is 25.9 Å². The van der Waals surface area contributed by atoms with Crippen LogP contribution in [0.3, 0.4) is 0 Å². The van der Waals surface area contributed by atoms with Gasteiger partial charge in [0.15, 0.2) is 13.1 Å². The van der Waals surface area contributed by atoms with Crippen molar-refractivity contribution in [3.05, 3.63) is 20.2 Å². The van der Waals surface area contributed by atoms with E-state index in [1.807, 2.05) is 0 Å². The molecule has 2 unspecified atom stereocenters. The number of carbonyl (C=O) groups is 3. The molecule has 0 saturated carbocycles. The minimum atomic E-state index is -2.43. The fourth-order valence-electron chi connectivity index (χ4n) is 1.88. The van der Waals surface area contributed by atoms with E-state index in [4.69, 9.17) is 10.8 Å². The molecule has 0 radical (unpaired) electrons. The molecule has 1 aliphatic heterocycles. The number of aliphatic hydroxyl groups is 1. The van der Waals surface area contributed by atoms with Crippen molar-refractivity contribution in [1.29, 1.82) is 0 Å². The quantitative estimate of drug-likeness (QED) is 0.148. The number of amides is 2. The molecule has 0 aromatic rings. The van der Waals surface area contributed by atoms with Crippen molar-refractivity contribution in [2.45, 2.75) is 11.7 Å². The summed E-state index contributed by atoms with van der Waals surface area (Å²) in [5.41, 5.74) is 3.03. The van der Waals surface area contributed by atoms with E-state index in [0.717, 1.165) is 12.0 Å². The van der Waals surface area contributed by atoms with Crippen LogP contribution in [-0.4, -0.2) is 92.1 Å². The van der Waals surface area contributed by atoms with E-state index >= 15 is 0 Å². The van der Waals surface area contributed by atoms with E-state index in [1.54, 1.807) is 0 Å². The summed E-state index contributed by atoms with van der Waals surface area (Å²) in [7, 11) is -0.846. The third-order valence-corrected chi connectivity index (χ3v) is 4.57. The van der Waals surface area contributed by atoms with E-state index in [9.17, 15) is 38.8 Å². The molecule has 2 amide bonds. The lowest BCUT2D eigenvalue weighted by Crippen LogP contribution is -2.71. The fourth-order valence-corrected chi connectivity index (χ4v) is 3.00. The van der Waals surface area contributed by atoms with Crippen molar-refractivity contribution in [2.75, 3.05) is 38.2 Å². The highest BCUT2D eigenvalue weighted by atomic mass is 32.2. The zero-order valence-electron chi connectivity index (χ0n) is 13.7. The van der Waals surface area contributed by atoms with Gasteiger partial charge in [-0.25, -0.2) is 0 Å². The molecule has 1 fully saturated rings. The highest BCUT2D eigenvalue weighted by Crippen LogP contribution is 2.25. The molecule has 4 N–H and O–H groups in total. The Kier molecular flexibility index (Phi) is 9.45. The average molecular weight is 397 g/mol. The molecule has 0 aromatic heterocycles. The first-order valence-corrected chi connectivity index (χ1v) is 8.46. The van der Waals surface area contributed by atoms with Crippen LogP contribution in [-0.2, 0) is 25.2 Å².